The van der Waals surface area contributed by atoms with Crippen LogP contribution in [0, 0.1) is 20.8 Å². The van der Waals surface area contributed by atoms with E-state index in [-0.39, 0.29) is 0 Å². The molecule has 0 unspecified atom stereocenters. The molecule has 2 aromatic rings. The van der Waals surface area contributed by atoms with Gasteiger partial charge in [-0.25, -0.2) is 0 Å². The zero-order chi connectivity index (χ0) is 20.3. The molecule has 1 aliphatic rings. The summed E-state index contributed by atoms with van der Waals surface area (Å²) in [6.07, 6.45) is 7.40. The summed E-state index contributed by atoms with van der Waals surface area (Å²) in [6.45, 7) is 13.1. The fourth-order valence-electron chi connectivity index (χ4n) is 4.16. The Labute approximate surface area is 175 Å². The standard InChI is InChI=1S/C26H33NS/c1-17(13-23-14-19(3)26(27)15-18(23)2)16-28-21(5)24-12-11-22-9-7-6-8-10-25(22)20(24)4/h11-12,14-16H,5-10,13,27H2,1-4H3/b17-16+. The quantitative estimate of drug-likeness (QED) is 0.427. The highest BCUT2D eigenvalue weighted by Gasteiger charge is 2.14. The van der Waals surface area contributed by atoms with E-state index in [1.165, 1.54) is 59.9 Å². The Balaban J connectivity index is 1.73. The van der Waals surface area contributed by atoms with Crippen molar-refractivity contribution in [2.75, 3.05) is 5.73 Å². The summed E-state index contributed by atoms with van der Waals surface area (Å²) in [5.41, 5.74) is 17.9. The fraction of sp³-hybridized carbons (Fsp3) is 0.385. The van der Waals surface area contributed by atoms with E-state index >= 15 is 0 Å². The Morgan fingerprint density at radius 1 is 1.07 bits per heavy atom. The molecule has 0 atom stereocenters. The lowest BCUT2D eigenvalue weighted by atomic mass is 9.94. The molecule has 1 nitrogen and oxygen atoms in total. The van der Waals surface area contributed by atoms with E-state index in [1.54, 1.807) is 22.9 Å². The van der Waals surface area contributed by atoms with E-state index < -0.39 is 0 Å². The highest BCUT2D eigenvalue weighted by atomic mass is 32.2. The second kappa shape index (κ2) is 9.05. The zero-order valence-corrected chi connectivity index (χ0v) is 18.6. The van der Waals surface area contributed by atoms with Gasteiger partial charge in [0.05, 0.1) is 0 Å². The second-order valence-electron chi connectivity index (χ2n) is 8.25. The molecular formula is C26H33NS. The Morgan fingerprint density at radius 2 is 1.82 bits per heavy atom. The van der Waals surface area contributed by atoms with Gasteiger partial charge < -0.3 is 5.73 Å². The zero-order valence-electron chi connectivity index (χ0n) is 17.8. The largest absolute Gasteiger partial charge is 0.399 e. The predicted molar refractivity (Wildman–Crippen MR) is 127 cm³/mol. The molecule has 0 bridgehead atoms. The second-order valence-corrected chi connectivity index (χ2v) is 9.22. The molecule has 2 aromatic carbocycles. The molecule has 0 heterocycles. The van der Waals surface area contributed by atoms with Gasteiger partial charge in [0.1, 0.15) is 0 Å². The summed E-state index contributed by atoms with van der Waals surface area (Å²) >= 11 is 1.76. The molecular weight excluding hydrogens is 358 g/mol. The normalized spacial score (nSPS) is 14.5. The Hall–Kier alpha value is -1.93. The average molecular weight is 392 g/mol. The third-order valence-corrected chi connectivity index (χ3v) is 6.99. The van der Waals surface area contributed by atoms with Gasteiger partial charge in [0, 0.05) is 10.6 Å². The van der Waals surface area contributed by atoms with E-state index in [2.05, 4.69) is 63.9 Å². The molecule has 0 fully saturated rings. The van der Waals surface area contributed by atoms with Gasteiger partial charge in [-0.1, -0.05) is 48.5 Å². The maximum absolute atomic E-state index is 6.03. The van der Waals surface area contributed by atoms with E-state index in [1.807, 2.05) is 0 Å². The highest BCUT2D eigenvalue weighted by molar-refractivity contribution is 8.10. The van der Waals surface area contributed by atoms with Crippen LogP contribution < -0.4 is 5.73 Å². The van der Waals surface area contributed by atoms with Gasteiger partial charge in [0.15, 0.2) is 0 Å². The van der Waals surface area contributed by atoms with Crippen molar-refractivity contribution in [1.29, 1.82) is 0 Å². The van der Waals surface area contributed by atoms with Crippen LogP contribution in [0.3, 0.4) is 0 Å². The summed E-state index contributed by atoms with van der Waals surface area (Å²) < 4.78 is 0. The third-order valence-electron chi connectivity index (χ3n) is 5.97. The first-order valence-electron chi connectivity index (χ1n) is 10.4. The molecule has 2 N–H and O–H groups in total. The fourth-order valence-corrected chi connectivity index (χ4v) is 4.93. The van der Waals surface area contributed by atoms with Crippen molar-refractivity contribution in [2.24, 2.45) is 0 Å². The minimum absolute atomic E-state index is 0.879. The van der Waals surface area contributed by atoms with Crippen LogP contribution in [0.15, 0.2) is 41.8 Å². The summed E-state index contributed by atoms with van der Waals surface area (Å²) in [6, 6.07) is 8.93. The summed E-state index contributed by atoms with van der Waals surface area (Å²) in [4.78, 5) is 1.15. The van der Waals surface area contributed by atoms with Crippen LogP contribution in [0.4, 0.5) is 5.69 Å². The Bertz CT molecular complexity index is 921. The number of anilines is 1. The molecule has 0 amide bonds. The number of rotatable bonds is 5. The lowest BCUT2D eigenvalue weighted by Gasteiger charge is -2.15. The van der Waals surface area contributed by atoms with Gasteiger partial charge in [0.2, 0.25) is 0 Å². The van der Waals surface area contributed by atoms with Crippen molar-refractivity contribution in [3.05, 3.63) is 80.8 Å². The molecule has 2 heteroatoms. The van der Waals surface area contributed by atoms with Crippen molar-refractivity contribution < 1.29 is 0 Å². The number of fused-ring (bicyclic) bond motifs is 1. The minimum atomic E-state index is 0.879. The van der Waals surface area contributed by atoms with E-state index in [9.17, 15) is 0 Å². The van der Waals surface area contributed by atoms with Gasteiger partial charge in [-0.3, -0.25) is 0 Å². The lowest BCUT2D eigenvalue weighted by molar-refractivity contribution is 0.711. The monoisotopic (exact) mass is 391 g/mol. The van der Waals surface area contributed by atoms with E-state index in [0.29, 0.717) is 0 Å². The van der Waals surface area contributed by atoms with Gasteiger partial charge in [0.25, 0.3) is 0 Å². The maximum atomic E-state index is 6.03. The molecule has 3 rings (SSSR count). The number of benzene rings is 2. The van der Waals surface area contributed by atoms with Crippen molar-refractivity contribution >= 4 is 22.4 Å². The topological polar surface area (TPSA) is 26.0 Å². The predicted octanol–water partition coefficient (Wildman–Crippen LogP) is 7.31. The summed E-state index contributed by atoms with van der Waals surface area (Å²) in [5.74, 6) is 0. The van der Waals surface area contributed by atoms with Crippen LogP contribution in [0.1, 0.15) is 65.1 Å². The van der Waals surface area contributed by atoms with Crippen LogP contribution in [0.25, 0.3) is 4.91 Å². The molecule has 0 aromatic heterocycles. The van der Waals surface area contributed by atoms with Crippen molar-refractivity contribution in [1.82, 2.24) is 0 Å². The van der Waals surface area contributed by atoms with Gasteiger partial charge in [-0.2, -0.15) is 0 Å². The van der Waals surface area contributed by atoms with Gasteiger partial charge in [-0.15, -0.1) is 0 Å². The van der Waals surface area contributed by atoms with Crippen LogP contribution in [0.2, 0.25) is 0 Å². The van der Waals surface area contributed by atoms with E-state index in [4.69, 9.17) is 5.73 Å². The van der Waals surface area contributed by atoms with Gasteiger partial charge >= 0.3 is 0 Å². The van der Waals surface area contributed by atoms with E-state index in [0.717, 1.165) is 22.6 Å². The molecule has 0 saturated heterocycles. The molecule has 0 spiro atoms. The molecule has 0 saturated carbocycles. The first-order valence-corrected chi connectivity index (χ1v) is 11.2. The first-order chi connectivity index (χ1) is 13.4. The number of nitrogen functional groups attached to an aromatic ring is 1. The average Bonchev–Trinajstić information content (AvgIpc) is 2.90. The van der Waals surface area contributed by atoms with Crippen LogP contribution in [0.5, 0.6) is 0 Å². The smallest absolute Gasteiger partial charge is 0.0346 e. The number of aryl methyl sites for hydroxylation is 3. The number of hydrogen-bond donors (Lipinski definition) is 1. The number of allylic oxidation sites excluding steroid dienone is 1. The van der Waals surface area contributed by atoms with Crippen LogP contribution >= 0.6 is 11.8 Å². The highest BCUT2D eigenvalue weighted by Crippen LogP contribution is 2.34. The lowest BCUT2D eigenvalue weighted by Crippen LogP contribution is -1.98. The van der Waals surface area contributed by atoms with Crippen LogP contribution in [-0.2, 0) is 19.3 Å². The van der Waals surface area contributed by atoms with Crippen molar-refractivity contribution in [3.8, 4) is 0 Å². The molecule has 0 aliphatic heterocycles. The number of nitrogens with two attached hydrogens (primary N) is 1. The summed E-state index contributed by atoms with van der Waals surface area (Å²) in [7, 11) is 0. The molecule has 28 heavy (non-hydrogen) atoms. The number of thioether (sulfide) groups is 1. The SMILES string of the molecule is C=C(S/C=C(\C)Cc1cc(C)c(N)cc1C)c1ccc2c(c1C)CCCCC2. The first kappa shape index (κ1) is 20.8. The van der Waals surface area contributed by atoms with Crippen LogP contribution in [-0.4, -0.2) is 0 Å². The minimum Gasteiger partial charge on any atom is -0.399 e. The molecule has 1 aliphatic carbocycles. The van der Waals surface area contributed by atoms with Crippen molar-refractivity contribution in [2.45, 2.75) is 66.2 Å². The Morgan fingerprint density at radius 3 is 2.61 bits per heavy atom. The maximum Gasteiger partial charge on any atom is 0.0346 e. The molecule has 148 valence electrons. The third kappa shape index (κ3) is 4.72. The number of hydrogen-bond acceptors (Lipinski definition) is 2. The summed E-state index contributed by atoms with van der Waals surface area (Å²) in [5, 5.41) is 2.26. The molecule has 0 radical (unpaired) electrons. The van der Waals surface area contributed by atoms with Crippen molar-refractivity contribution in [3.63, 3.8) is 0 Å². The van der Waals surface area contributed by atoms with Gasteiger partial charge in [-0.05, 0) is 110 Å². The Kier molecular flexibility index (Phi) is 6.72.